The number of hydrogen-bond donors (Lipinski definition) is 2. The lowest BCUT2D eigenvalue weighted by Gasteiger charge is -2.11. The molecule has 4 heteroatoms. The molecule has 1 unspecified atom stereocenters. The summed E-state index contributed by atoms with van der Waals surface area (Å²) in [7, 11) is 1.77. The van der Waals surface area contributed by atoms with Gasteiger partial charge < -0.3 is 15.4 Å². The van der Waals surface area contributed by atoms with E-state index in [1.54, 1.807) is 7.05 Å². The maximum Gasteiger partial charge on any atom is 0.236 e. The molecule has 0 aromatic carbocycles. The maximum atomic E-state index is 11.3. The van der Waals surface area contributed by atoms with E-state index in [2.05, 4.69) is 10.6 Å². The molecule has 0 spiro atoms. The highest BCUT2D eigenvalue weighted by atomic mass is 16.5. The van der Waals surface area contributed by atoms with Crippen molar-refractivity contribution in [3.05, 3.63) is 0 Å². The highest BCUT2D eigenvalue weighted by molar-refractivity contribution is 5.81. The molecule has 0 saturated carbocycles. The van der Waals surface area contributed by atoms with Gasteiger partial charge in [0, 0.05) is 13.2 Å². The van der Waals surface area contributed by atoms with Crippen LogP contribution in [0.25, 0.3) is 0 Å². The van der Waals surface area contributed by atoms with E-state index in [9.17, 15) is 4.79 Å². The first-order valence-corrected chi connectivity index (χ1v) is 5.14. The number of amides is 1. The van der Waals surface area contributed by atoms with E-state index >= 15 is 0 Å². The second-order valence-corrected chi connectivity index (χ2v) is 3.57. The minimum Gasteiger partial charge on any atom is -0.379 e. The van der Waals surface area contributed by atoms with Crippen LogP contribution in [0.4, 0.5) is 0 Å². The average Bonchev–Trinajstić information content (AvgIpc) is 2.15. The predicted octanol–water partition coefficient (Wildman–Crippen LogP) is 0.526. The van der Waals surface area contributed by atoms with Gasteiger partial charge in [0.15, 0.2) is 0 Å². The van der Waals surface area contributed by atoms with Crippen molar-refractivity contribution in [1.29, 1.82) is 0 Å². The fourth-order valence-electron chi connectivity index (χ4n) is 0.887. The first-order chi connectivity index (χ1) is 6.57. The van der Waals surface area contributed by atoms with Gasteiger partial charge in [0.05, 0.1) is 12.1 Å². The summed E-state index contributed by atoms with van der Waals surface area (Å²) < 4.78 is 5.34. The second kappa shape index (κ2) is 7.76. The van der Waals surface area contributed by atoms with Gasteiger partial charge in [-0.1, -0.05) is 0 Å². The SMILES string of the molecule is CNC(C)C(=O)NCCCOC(C)C. The Morgan fingerprint density at radius 2 is 2.00 bits per heavy atom. The number of hydrogen-bond acceptors (Lipinski definition) is 3. The molecule has 0 fully saturated rings. The molecule has 4 nitrogen and oxygen atoms in total. The van der Waals surface area contributed by atoms with E-state index in [0.29, 0.717) is 13.2 Å². The number of carbonyl (C=O) groups is 1. The average molecular weight is 202 g/mol. The zero-order chi connectivity index (χ0) is 11.0. The van der Waals surface area contributed by atoms with Crippen LogP contribution in [0, 0.1) is 0 Å². The van der Waals surface area contributed by atoms with Crippen molar-refractivity contribution < 1.29 is 9.53 Å². The van der Waals surface area contributed by atoms with Gasteiger partial charge in [0.2, 0.25) is 5.91 Å². The number of nitrogens with one attached hydrogen (secondary N) is 2. The molecule has 0 radical (unpaired) electrons. The zero-order valence-corrected chi connectivity index (χ0v) is 9.59. The Morgan fingerprint density at radius 3 is 2.50 bits per heavy atom. The van der Waals surface area contributed by atoms with Gasteiger partial charge in [0.1, 0.15) is 0 Å². The van der Waals surface area contributed by atoms with Gasteiger partial charge in [-0.25, -0.2) is 0 Å². The lowest BCUT2D eigenvalue weighted by molar-refractivity contribution is -0.122. The van der Waals surface area contributed by atoms with Crippen molar-refractivity contribution in [2.45, 2.75) is 39.3 Å². The van der Waals surface area contributed by atoms with Gasteiger partial charge >= 0.3 is 0 Å². The standard InChI is InChI=1S/C10H22N2O2/c1-8(2)14-7-5-6-12-10(13)9(3)11-4/h8-9,11H,5-7H2,1-4H3,(H,12,13). The molecule has 0 heterocycles. The highest BCUT2D eigenvalue weighted by Crippen LogP contribution is 1.89. The van der Waals surface area contributed by atoms with Crippen molar-refractivity contribution in [2.75, 3.05) is 20.2 Å². The summed E-state index contributed by atoms with van der Waals surface area (Å²) in [5.41, 5.74) is 0. The molecule has 2 N–H and O–H groups in total. The third-order valence-electron chi connectivity index (χ3n) is 1.90. The van der Waals surface area contributed by atoms with E-state index < -0.39 is 0 Å². The van der Waals surface area contributed by atoms with E-state index in [0.717, 1.165) is 6.42 Å². The van der Waals surface area contributed by atoms with Crippen molar-refractivity contribution in [3.63, 3.8) is 0 Å². The third-order valence-corrected chi connectivity index (χ3v) is 1.90. The van der Waals surface area contributed by atoms with Crippen LogP contribution in [-0.2, 0) is 9.53 Å². The molecule has 1 atom stereocenters. The molecule has 0 bridgehead atoms. The molecule has 0 aromatic heterocycles. The Balaban J connectivity index is 3.32. The summed E-state index contributed by atoms with van der Waals surface area (Å²) in [4.78, 5) is 11.3. The molecule has 84 valence electrons. The third kappa shape index (κ3) is 6.86. The fourth-order valence-corrected chi connectivity index (χ4v) is 0.887. The second-order valence-electron chi connectivity index (χ2n) is 3.57. The van der Waals surface area contributed by atoms with Crippen molar-refractivity contribution in [2.24, 2.45) is 0 Å². The van der Waals surface area contributed by atoms with Crippen LogP contribution >= 0.6 is 0 Å². The lowest BCUT2D eigenvalue weighted by Crippen LogP contribution is -2.40. The van der Waals surface area contributed by atoms with E-state index in [1.165, 1.54) is 0 Å². The van der Waals surface area contributed by atoms with Crippen molar-refractivity contribution in [3.8, 4) is 0 Å². The maximum absolute atomic E-state index is 11.3. The summed E-state index contributed by atoms with van der Waals surface area (Å²) >= 11 is 0. The summed E-state index contributed by atoms with van der Waals surface area (Å²) in [5.74, 6) is 0.0389. The topological polar surface area (TPSA) is 50.4 Å². The van der Waals surface area contributed by atoms with E-state index in [-0.39, 0.29) is 18.1 Å². The molecule has 0 aliphatic heterocycles. The van der Waals surface area contributed by atoms with Crippen molar-refractivity contribution >= 4 is 5.91 Å². The molecular weight excluding hydrogens is 180 g/mol. The summed E-state index contributed by atoms with van der Waals surface area (Å²) in [6.45, 7) is 7.22. The van der Waals surface area contributed by atoms with Gasteiger partial charge in [-0.15, -0.1) is 0 Å². The number of likely N-dealkylation sites (N-methyl/N-ethyl adjacent to an activating group) is 1. The molecule has 0 saturated heterocycles. The normalized spacial score (nSPS) is 12.9. The Kier molecular flexibility index (Phi) is 7.42. The van der Waals surface area contributed by atoms with Crippen LogP contribution < -0.4 is 10.6 Å². The predicted molar refractivity (Wildman–Crippen MR) is 57.2 cm³/mol. The zero-order valence-electron chi connectivity index (χ0n) is 9.59. The van der Waals surface area contributed by atoms with Gasteiger partial charge in [-0.2, -0.15) is 0 Å². The summed E-state index contributed by atoms with van der Waals surface area (Å²) in [6.07, 6.45) is 1.13. The van der Waals surface area contributed by atoms with E-state index in [1.807, 2.05) is 20.8 Å². The fraction of sp³-hybridized carbons (Fsp3) is 0.900. The minimum absolute atomic E-state index is 0.0389. The van der Waals surface area contributed by atoms with Crippen LogP contribution in [0.1, 0.15) is 27.2 Å². The minimum atomic E-state index is -0.124. The monoisotopic (exact) mass is 202 g/mol. The Morgan fingerprint density at radius 1 is 1.36 bits per heavy atom. The van der Waals surface area contributed by atoms with Crippen LogP contribution in [0.2, 0.25) is 0 Å². The van der Waals surface area contributed by atoms with Crippen molar-refractivity contribution in [1.82, 2.24) is 10.6 Å². The molecule has 0 aliphatic rings. The largest absolute Gasteiger partial charge is 0.379 e. The van der Waals surface area contributed by atoms with Gasteiger partial charge in [-0.05, 0) is 34.2 Å². The van der Waals surface area contributed by atoms with Crippen LogP contribution in [0.3, 0.4) is 0 Å². The van der Waals surface area contributed by atoms with Gasteiger partial charge in [-0.3, -0.25) is 4.79 Å². The van der Waals surface area contributed by atoms with Crippen LogP contribution in [0.5, 0.6) is 0 Å². The Labute approximate surface area is 86.4 Å². The molecular formula is C10H22N2O2. The Bertz CT molecular complexity index is 160. The summed E-state index contributed by atoms with van der Waals surface area (Å²) in [5, 5.41) is 5.71. The number of rotatable bonds is 7. The highest BCUT2D eigenvalue weighted by Gasteiger charge is 2.08. The molecule has 14 heavy (non-hydrogen) atoms. The van der Waals surface area contributed by atoms with Crippen LogP contribution in [-0.4, -0.2) is 38.3 Å². The first-order valence-electron chi connectivity index (χ1n) is 5.14. The molecule has 0 rings (SSSR count). The molecule has 1 amide bonds. The number of carbonyl (C=O) groups excluding carboxylic acids is 1. The molecule has 0 aliphatic carbocycles. The first kappa shape index (κ1) is 13.4. The van der Waals surface area contributed by atoms with Gasteiger partial charge in [0.25, 0.3) is 0 Å². The smallest absolute Gasteiger partial charge is 0.236 e. The quantitative estimate of drug-likeness (QED) is 0.592. The Hall–Kier alpha value is -0.610. The lowest BCUT2D eigenvalue weighted by atomic mass is 10.3. The summed E-state index contributed by atoms with van der Waals surface area (Å²) in [6, 6.07) is -0.124. The number of ether oxygens (including phenoxy) is 1. The molecule has 0 aromatic rings. The van der Waals surface area contributed by atoms with E-state index in [4.69, 9.17) is 4.74 Å². The van der Waals surface area contributed by atoms with Crippen LogP contribution in [0.15, 0.2) is 0 Å².